The minimum Gasteiger partial charge on any atom is -0.334 e. The van der Waals surface area contributed by atoms with Crippen molar-refractivity contribution in [1.82, 2.24) is 9.62 Å². The fourth-order valence-corrected chi connectivity index (χ4v) is 4.02. The first-order chi connectivity index (χ1) is 11.6. The highest BCUT2D eigenvalue weighted by molar-refractivity contribution is 7.89. The number of piperidine rings is 1. The number of sulfonamides is 1. The van der Waals surface area contributed by atoms with Crippen molar-refractivity contribution in [2.24, 2.45) is 0 Å². The maximum absolute atomic E-state index is 12.2. The van der Waals surface area contributed by atoms with Crippen LogP contribution in [0.4, 0.5) is 5.69 Å². The van der Waals surface area contributed by atoms with Gasteiger partial charge in [0, 0.05) is 24.3 Å². The van der Waals surface area contributed by atoms with Crippen LogP contribution in [0.15, 0.2) is 29.2 Å². The van der Waals surface area contributed by atoms with E-state index in [0.29, 0.717) is 18.8 Å². The van der Waals surface area contributed by atoms with Gasteiger partial charge < -0.3 is 10.2 Å². The van der Waals surface area contributed by atoms with Crippen LogP contribution in [-0.4, -0.2) is 43.8 Å². The zero-order valence-corrected chi connectivity index (χ0v) is 15.6. The fraction of sp³-hybridized carbons (Fsp3) is 0.529. The van der Waals surface area contributed by atoms with E-state index >= 15 is 0 Å². The van der Waals surface area contributed by atoms with E-state index in [2.05, 4.69) is 10.0 Å². The van der Waals surface area contributed by atoms with Gasteiger partial charge in [0.2, 0.25) is 10.0 Å². The van der Waals surface area contributed by atoms with Crippen LogP contribution in [0.25, 0.3) is 0 Å². The molecule has 1 aromatic rings. The molecule has 25 heavy (non-hydrogen) atoms. The van der Waals surface area contributed by atoms with Crippen molar-refractivity contribution in [3.8, 4) is 0 Å². The predicted molar refractivity (Wildman–Crippen MR) is 95.6 cm³/mol. The van der Waals surface area contributed by atoms with Gasteiger partial charge in [-0.15, -0.1) is 0 Å². The molecule has 0 aromatic heterocycles. The number of carbonyl (C=O) groups is 2. The Balaban J connectivity index is 2.02. The molecule has 8 heteroatoms. The van der Waals surface area contributed by atoms with Gasteiger partial charge in [0.25, 0.3) is 0 Å². The van der Waals surface area contributed by atoms with Crippen molar-refractivity contribution in [3.63, 3.8) is 0 Å². The number of hydrogen-bond acceptors (Lipinski definition) is 4. The quantitative estimate of drug-likeness (QED) is 0.795. The number of carbonyl (C=O) groups excluding carboxylic acids is 2. The number of rotatable bonds is 3. The highest BCUT2D eigenvalue weighted by atomic mass is 32.2. The average molecular weight is 367 g/mol. The van der Waals surface area contributed by atoms with Gasteiger partial charge in [0.1, 0.15) is 0 Å². The van der Waals surface area contributed by atoms with Crippen LogP contribution in [0.1, 0.15) is 40.0 Å². The second-order valence-electron chi connectivity index (χ2n) is 7.19. The topological polar surface area (TPSA) is 95.6 Å². The van der Waals surface area contributed by atoms with E-state index in [4.69, 9.17) is 0 Å². The number of nitrogens with zero attached hydrogens (tertiary/aromatic N) is 1. The Morgan fingerprint density at radius 3 is 2.08 bits per heavy atom. The van der Waals surface area contributed by atoms with Crippen LogP contribution in [0.5, 0.6) is 0 Å². The lowest BCUT2D eigenvalue weighted by molar-refractivity contribution is -0.143. The third-order valence-corrected chi connectivity index (χ3v) is 5.47. The Bertz CT molecular complexity index is 730. The number of hydrogen-bond donors (Lipinski definition) is 2. The standard InChI is InChI=1S/C17H25N3O4S/c1-17(2,3)19-25(23,24)14-9-7-13(8-10-14)18-15(21)16(22)20-11-5-4-6-12-20/h7-10,19H,4-6,11-12H2,1-3H3,(H,18,21). The van der Waals surface area contributed by atoms with Crippen molar-refractivity contribution in [3.05, 3.63) is 24.3 Å². The number of anilines is 1. The number of amides is 2. The molecule has 0 bridgehead atoms. The lowest BCUT2D eigenvalue weighted by atomic mass is 10.1. The molecule has 1 aliphatic heterocycles. The molecule has 1 aliphatic rings. The molecule has 0 saturated carbocycles. The molecule has 2 rings (SSSR count). The normalized spacial score (nSPS) is 15.7. The largest absolute Gasteiger partial charge is 0.334 e. The highest BCUT2D eigenvalue weighted by Gasteiger charge is 2.24. The summed E-state index contributed by atoms with van der Waals surface area (Å²) < 4.78 is 27.0. The van der Waals surface area contributed by atoms with E-state index in [9.17, 15) is 18.0 Å². The minimum absolute atomic E-state index is 0.0998. The minimum atomic E-state index is -3.63. The van der Waals surface area contributed by atoms with Crippen LogP contribution < -0.4 is 10.0 Å². The summed E-state index contributed by atoms with van der Waals surface area (Å²) in [6.45, 7) is 6.46. The molecular formula is C17H25N3O4S. The summed E-state index contributed by atoms with van der Waals surface area (Å²) in [5.74, 6) is -1.25. The summed E-state index contributed by atoms with van der Waals surface area (Å²) in [6, 6.07) is 5.74. The molecule has 2 N–H and O–H groups in total. The lowest BCUT2D eigenvalue weighted by Crippen LogP contribution is -2.42. The van der Waals surface area contributed by atoms with E-state index < -0.39 is 27.4 Å². The third-order valence-electron chi connectivity index (χ3n) is 3.70. The first kappa shape index (κ1) is 19.4. The maximum atomic E-state index is 12.2. The first-order valence-corrected chi connectivity index (χ1v) is 9.81. The highest BCUT2D eigenvalue weighted by Crippen LogP contribution is 2.17. The molecule has 1 aromatic carbocycles. The van der Waals surface area contributed by atoms with E-state index in [1.165, 1.54) is 24.3 Å². The lowest BCUT2D eigenvalue weighted by Gasteiger charge is -2.25. The van der Waals surface area contributed by atoms with Gasteiger partial charge in [-0.25, -0.2) is 13.1 Å². The average Bonchev–Trinajstić information content (AvgIpc) is 2.53. The molecule has 0 radical (unpaired) electrons. The SMILES string of the molecule is CC(C)(C)NS(=O)(=O)c1ccc(NC(=O)C(=O)N2CCCCC2)cc1. The molecule has 1 fully saturated rings. The Labute approximate surface area is 148 Å². The summed E-state index contributed by atoms with van der Waals surface area (Å²) in [5.41, 5.74) is -0.211. The van der Waals surface area contributed by atoms with Crippen LogP contribution in [0.2, 0.25) is 0 Å². The Kier molecular flexibility index (Phi) is 5.84. The van der Waals surface area contributed by atoms with Crippen molar-refractivity contribution in [1.29, 1.82) is 0 Å². The van der Waals surface area contributed by atoms with Crippen LogP contribution in [0.3, 0.4) is 0 Å². The molecule has 1 saturated heterocycles. The van der Waals surface area contributed by atoms with Gasteiger partial charge in [-0.1, -0.05) is 0 Å². The van der Waals surface area contributed by atoms with Gasteiger partial charge in [0.05, 0.1) is 4.90 Å². The van der Waals surface area contributed by atoms with Crippen molar-refractivity contribution in [2.75, 3.05) is 18.4 Å². The van der Waals surface area contributed by atoms with Gasteiger partial charge in [-0.2, -0.15) is 0 Å². The number of likely N-dealkylation sites (tertiary alicyclic amines) is 1. The van der Waals surface area contributed by atoms with Gasteiger partial charge >= 0.3 is 11.8 Å². The molecule has 7 nitrogen and oxygen atoms in total. The summed E-state index contributed by atoms with van der Waals surface area (Å²) in [4.78, 5) is 25.8. The third kappa shape index (κ3) is 5.54. The van der Waals surface area contributed by atoms with E-state index in [1.54, 1.807) is 25.7 Å². The van der Waals surface area contributed by atoms with Gasteiger partial charge in [-0.05, 0) is 64.3 Å². The second-order valence-corrected chi connectivity index (χ2v) is 8.87. The van der Waals surface area contributed by atoms with E-state index in [0.717, 1.165) is 19.3 Å². The smallest absolute Gasteiger partial charge is 0.313 e. The Morgan fingerprint density at radius 1 is 1.00 bits per heavy atom. The summed E-state index contributed by atoms with van der Waals surface area (Å²) in [7, 11) is -3.63. The van der Waals surface area contributed by atoms with Crippen molar-refractivity contribution in [2.45, 2.75) is 50.5 Å². The Morgan fingerprint density at radius 2 is 1.56 bits per heavy atom. The summed E-state index contributed by atoms with van der Waals surface area (Å²) >= 11 is 0. The van der Waals surface area contributed by atoms with Crippen LogP contribution in [-0.2, 0) is 19.6 Å². The Hall–Kier alpha value is -1.93. The van der Waals surface area contributed by atoms with Crippen molar-refractivity contribution >= 4 is 27.5 Å². The van der Waals surface area contributed by atoms with Crippen LogP contribution >= 0.6 is 0 Å². The molecule has 0 aliphatic carbocycles. The predicted octanol–water partition coefficient (Wildman–Crippen LogP) is 1.71. The maximum Gasteiger partial charge on any atom is 0.313 e. The van der Waals surface area contributed by atoms with Crippen molar-refractivity contribution < 1.29 is 18.0 Å². The molecule has 0 atom stereocenters. The second kappa shape index (κ2) is 7.53. The van der Waals surface area contributed by atoms with Crippen LogP contribution in [0, 0.1) is 0 Å². The van der Waals surface area contributed by atoms with Gasteiger partial charge in [-0.3, -0.25) is 9.59 Å². The molecule has 1 heterocycles. The van der Waals surface area contributed by atoms with E-state index in [-0.39, 0.29) is 4.90 Å². The molecule has 0 spiro atoms. The monoisotopic (exact) mass is 367 g/mol. The number of benzene rings is 1. The summed E-state index contributed by atoms with van der Waals surface area (Å²) in [6.07, 6.45) is 2.89. The van der Waals surface area contributed by atoms with Gasteiger partial charge in [0.15, 0.2) is 0 Å². The molecule has 2 amide bonds. The molecule has 0 unspecified atom stereocenters. The number of nitrogens with one attached hydrogen (secondary N) is 2. The fourth-order valence-electron chi connectivity index (χ4n) is 2.60. The zero-order valence-electron chi connectivity index (χ0n) is 14.8. The molecule has 138 valence electrons. The van der Waals surface area contributed by atoms with E-state index in [1.807, 2.05) is 0 Å². The first-order valence-electron chi connectivity index (χ1n) is 8.33. The summed E-state index contributed by atoms with van der Waals surface area (Å²) in [5, 5.41) is 2.52. The zero-order chi connectivity index (χ0) is 18.7. The molecular weight excluding hydrogens is 342 g/mol.